The fourth-order valence-corrected chi connectivity index (χ4v) is 4.51. The third kappa shape index (κ3) is 6.06. The molecule has 170 valence electrons. The lowest BCUT2D eigenvalue weighted by Gasteiger charge is -2.20. The number of pyridine rings is 1. The number of benzene rings is 2. The maximum Gasteiger partial charge on any atom is 0.253 e. The first-order chi connectivity index (χ1) is 15.5. The van der Waals surface area contributed by atoms with Crippen molar-refractivity contribution in [2.75, 3.05) is 7.05 Å². The summed E-state index contributed by atoms with van der Waals surface area (Å²) in [6, 6.07) is 12.8. The molecule has 0 aliphatic rings. The third-order valence-corrected chi connectivity index (χ3v) is 6.34. The number of allylic oxidation sites excluding steroid dienone is 2. The summed E-state index contributed by atoms with van der Waals surface area (Å²) in [6.07, 6.45) is 4.57. The van der Waals surface area contributed by atoms with Crippen LogP contribution < -0.4 is 5.30 Å². The molecule has 33 heavy (non-hydrogen) atoms. The van der Waals surface area contributed by atoms with E-state index >= 15 is 0 Å². The van der Waals surface area contributed by atoms with E-state index in [0.717, 1.165) is 45.1 Å². The monoisotopic (exact) mass is 456 g/mol. The molecular formula is C29H33N2OP. The van der Waals surface area contributed by atoms with Gasteiger partial charge in [-0.25, -0.2) is 0 Å². The van der Waals surface area contributed by atoms with Crippen molar-refractivity contribution in [1.29, 1.82) is 0 Å². The van der Waals surface area contributed by atoms with Gasteiger partial charge in [0, 0.05) is 36.4 Å². The van der Waals surface area contributed by atoms with Gasteiger partial charge in [-0.1, -0.05) is 54.6 Å². The summed E-state index contributed by atoms with van der Waals surface area (Å²) >= 11 is 0. The maximum atomic E-state index is 13.0. The van der Waals surface area contributed by atoms with Gasteiger partial charge in [0.25, 0.3) is 5.91 Å². The number of hydrogen-bond acceptors (Lipinski definition) is 2. The molecule has 3 aromatic rings. The minimum Gasteiger partial charge on any atom is -0.337 e. The highest BCUT2D eigenvalue weighted by atomic mass is 31.0. The van der Waals surface area contributed by atoms with Gasteiger partial charge in [-0.05, 0) is 79.2 Å². The Morgan fingerprint density at radius 1 is 1.09 bits per heavy atom. The SMILES string of the molecule is C=C(/C=C(\C)Cc1ccc2cnc(C)cc2c1)C(=O)N(C)Cc1cc(C(=C)C)c(C)cc1P. The van der Waals surface area contributed by atoms with Crippen LogP contribution in [0.2, 0.25) is 0 Å². The second-order valence-corrected chi connectivity index (χ2v) is 9.63. The van der Waals surface area contributed by atoms with Gasteiger partial charge in [-0.2, -0.15) is 0 Å². The van der Waals surface area contributed by atoms with Crippen LogP contribution in [0.1, 0.15) is 41.8 Å². The average molecular weight is 457 g/mol. The molecule has 1 unspecified atom stereocenters. The molecule has 0 aliphatic carbocycles. The zero-order valence-electron chi connectivity index (χ0n) is 20.3. The van der Waals surface area contributed by atoms with Crippen LogP contribution in [0.3, 0.4) is 0 Å². The lowest BCUT2D eigenvalue weighted by molar-refractivity contribution is -0.126. The first kappa shape index (κ1) is 24.6. The summed E-state index contributed by atoms with van der Waals surface area (Å²) in [4.78, 5) is 19.1. The van der Waals surface area contributed by atoms with E-state index in [0.29, 0.717) is 12.1 Å². The number of aromatic nitrogens is 1. The largest absolute Gasteiger partial charge is 0.337 e. The molecule has 1 heterocycles. The van der Waals surface area contributed by atoms with Gasteiger partial charge in [-0.15, -0.1) is 9.24 Å². The quantitative estimate of drug-likeness (QED) is 0.245. The first-order valence-corrected chi connectivity index (χ1v) is 11.6. The Morgan fingerprint density at radius 2 is 1.82 bits per heavy atom. The van der Waals surface area contributed by atoms with Gasteiger partial charge in [-0.3, -0.25) is 9.78 Å². The topological polar surface area (TPSA) is 33.2 Å². The van der Waals surface area contributed by atoms with E-state index in [9.17, 15) is 4.79 Å². The lowest BCUT2D eigenvalue weighted by Crippen LogP contribution is -2.28. The van der Waals surface area contributed by atoms with Crippen LogP contribution in [0.4, 0.5) is 0 Å². The third-order valence-electron chi connectivity index (χ3n) is 5.80. The number of carbonyl (C=O) groups is 1. The van der Waals surface area contributed by atoms with Crippen LogP contribution in [-0.4, -0.2) is 22.8 Å². The molecular weight excluding hydrogens is 423 g/mol. The normalized spacial score (nSPS) is 11.5. The number of likely N-dealkylation sites (N-methyl/N-ethyl adjacent to an activating group) is 1. The summed E-state index contributed by atoms with van der Waals surface area (Å²) < 4.78 is 0. The van der Waals surface area contributed by atoms with E-state index in [1.165, 1.54) is 16.5 Å². The van der Waals surface area contributed by atoms with Crippen molar-refractivity contribution >= 4 is 36.8 Å². The van der Waals surface area contributed by atoms with Crippen LogP contribution >= 0.6 is 9.24 Å². The van der Waals surface area contributed by atoms with Gasteiger partial charge >= 0.3 is 0 Å². The number of rotatable bonds is 7. The number of fused-ring (bicyclic) bond motifs is 1. The molecule has 0 radical (unpaired) electrons. The summed E-state index contributed by atoms with van der Waals surface area (Å²) in [5.74, 6) is -0.0728. The predicted octanol–water partition coefficient (Wildman–Crippen LogP) is 6.09. The number of nitrogens with zero attached hydrogens (tertiary/aromatic N) is 2. The van der Waals surface area contributed by atoms with Crippen LogP contribution in [0.15, 0.2) is 73.0 Å². The molecule has 0 fully saturated rings. The predicted molar refractivity (Wildman–Crippen MR) is 145 cm³/mol. The molecule has 1 amide bonds. The molecule has 4 heteroatoms. The Kier molecular flexibility index (Phi) is 7.66. The fraction of sp³-hybridized carbons (Fsp3) is 0.241. The molecule has 3 rings (SSSR count). The fourth-order valence-electron chi connectivity index (χ4n) is 4.09. The van der Waals surface area contributed by atoms with Gasteiger partial charge in [0.1, 0.15) is 0 Å². The second kappa shape index (κ2) is 10.3. The van der Waals surface area contributed by atoms with E-state index in [4.69, 9.17) is 0 Å². The van der Waals surface area contributed by atoms with Crippen LogP contribution in [-0.2, 0) is 17.8 Å². The Bertz CT molecular complexity index is 1290. The standard InChI is InChI=1S/C29H33N2OP/c1-18(2)27-15-26(28(33)12-20(27)4)17-31(7)29(32)21(5)10-19(3)11-23-8-9-24-16-30-22(6)13-25(24)14-23/h8-10,12-16H,1,5,11,17,33H2,2-4,6-7H3/b19-10+. The number of amides is 1. The van der Waals surface area contributed by atoms with E-state index in [1.807, 2.05) is 40.1 Å². The second-order valence-electron chi connectivity index (χ2n) is 9.01. The minimum atomic E-state index is -0.0728. The summed E-state index contributed by atoms with van der Waals surface area (Å²) in [5.41, 5.74) is 8.24. The molecule has 0 saturated heterocycles. The molecule has 0 bridgehead atoms. The van der Waals surface area contributed by atoms with Crippen molar-refractivity contribution in [3.8, 4) is 0 Å². The number of aryl methyl sites for hydroxylation is 2. The van der Waals surface area contributed by atoms with Crippen molar-refractivity contribution < 1.29 is 4.79 Å². The minimum absolute atomic E-state index is 0.0728. The Hall–Kier alpha value is -3.03. The van der Waals surface area contributed by atoms with Gasteiger partial charge < -0.3 is 4.90 Å². The highest BCUT2D eigenvalue weighted by Gasteiger charge is 2.14. The van der Waals surface area contributed by atoms with E-state index in [2.05, 4.69) is 70.7 Å². The van der Waals surface area contributed by atoms with Crippen molar-refractivity contribution in [3.05, 3.63) is 101 Å². The van der Waals surface area contributed by atoms with Gasteiger partial charge in [0.2, 0.25) is 0 Å². The average Bonchev–Trinajstić information content (AvgIpc) is 2.74. The Labute approximate surface area is 200 Å². The number of hydrogen-bond donors (Lipinski definition) is 0. The van der Waals surface area contributed by atoms with Gasteiger partial charge in [0.05, 0.1) is 0 Å². The van der Waals surface area contributed by atoms with Crippen LogP contribution in [0.5, 0.6) is 0 Å². The zero-order chi connectivity index (χ0) is 24.3. The van der Waals surface area contributed by atoms with Crippen LogP contribution in [0, 0.1) is 13.8 Å². The molecule has 3 nitrogen and oxygen atoms in total. The van der Waals surface area contributed by atoms with E-state index in [1.54, 1.807) is 4.90 Å². The Morgan fingerprint density at radius 3 is 2.52 bits per heavy atom. The summed E-state index contributed by atoms with van der Waals surface area (Å²) in [5, 5.41) is 3.41. The van der Waals surface area contributed by atoms with Crippen molar-refractivity contribution in [3.63, 3.8) is 0 Å². The molecule has 0 N–H and O–H groups in total. The smallest absolute Gasteiger partial charge is 0.253 e. The lowest BCUT2D eigenvalue weighted by atomic mass is 9.99. The Balaban J connectivity index is 1.71. The number of carbonyl (C=O) groups excluding carboxylic acids is 1. The molecule has 2 aromatic carbocycles. The highest BCUT2D eigenvalue weighted by Crippen LogP contribution is 2.21. The van der Waals surface area contributed by atoms with E-state index < -0.39 is 0 Å². The summed E-state index contributed by atoms with van der Waals surface area (Å²) in [7, 11) is 4.60. The molecule has 0 aliphatic heterocycles. The van der Waals surface area contributed by atoms with Crippen LogP contribution in [0.25, 0.3) is 16.3 Å². The van der Waals surface area contributed by atoms with E-state index in [-0.39, 0.29) is 5.91 Å². The van der Waals surface area contributed by atoms with Gasteiger partial charge in [0.15, 0.2) is 0 Å². The first-order valence-electron chi connectivity index (χ1n) is 11.1. The van der Waals surface area contributed by atoms with Crippen molar-refractivity contribution in [2.45, 2.75) is 40.7 Å². The van der Waals surface area contributed by atoms with Crippen molar-refractivity contribution in [2.24, 2.45) is 0 Å². The zero-order valence-corrected chi connectivity index (χ0v) is 21.5. The van der Waals surface area contributed by atoms with Crippen molar-refractivity contribution in [1.82, 2.24) is 9.88 Å². The molecule has 0 saturated carbocycles. The molecule has 1 atom stereocenters. The maximum absolute atomic E-state index is 13.0. The highest BCUT2D eigenvalue weighted by molar-refractivity contribution is 7.27. The molecule has 1 aromatic heterocycles. The summed E-state index contributed by atoms with van der Waals surface area (Å²) in [6.45, 7) is 16.8. The molecule has 0 spiro atoms.